The van der Waals surface area contributed by atoms with Gasteiger partial charge in [-0.3, -0.25) is 4.79 Å². The summed E-state index contributed by atoms with van der Waals surface area (Å²) < 4.78 is 15.1. The molecule has 0 spiro atoms. The van der Waals surface area contributed by atoms with Crippen molar-refractivity contribution in [2.75, 3.05) is 0 Å². The molecule has 0 atom stereocenters. The summed E-state index contributed by atoms with van der Waals surface area (Å²) in [5.74, 6) is -0.464. The summed E-state index contributed by atoms with van der Waals surface area (Å²) in [5.41, 5.74) is 5.38. The van der Waals surface area contributed by atoms with Crippen LogP contribution in [0, 0.1) is 12.7 Å². The fourth-order valence-electron chi connectivity index (χ4n) is 3.88. The van der Waals surface area contributed by atoms with Crippen LogP contribution in [0.2, 0.25) is 0 Å². The number of pyridine rings is 1. The number of aromatic nitrogens is 3. The number of nitrogens with one attached hydrogen (secondary N) is 1. The maximum absolute atomic E-state index is 13.3. The van der Waals surface area contributed by atoms with Gasteiger partial charge in [-0.05, 0) is 48.9 Å². The van der Waals surface area contributed by atoms with E-state index >= 15 is 0 Å². The van der Waals surface area contributed by atoms with Crippen molar-refractivity contribution in [3.05, 3.63) is 114 Å². The van der Waals surface area contributed by atoms with Crippen LogP contribution in [-0.4, -0.2) is 20.7 Å². The topological polar surface area (TPSA) is 59.8 Å². The lowest BCUT2D eigenvalue weighted by Crippen LogP contribution is -2.23. The number of carbonyl (C=O) groups is 1. The van der Waals surface area contributed by atoms with E-state index in [1.165, 1.54) is 12.1 Å². The fourth-order valence-corrected chi connectivity index (χ4v) is 3.88. The van der Waals surface area contributed by atoms with E-state index in [0.29, 0.717) is 17.8 Å². The van der Waals surface area contributed by atoms with Crippen LogP contribution in [0.4, 0.5) is 4.39 Å². The quantitative estimate of drug-likeness (QED) is 0.398. The highest BCUT2D eigenvalue weighted by Gasteiger charge is 2.17. The van der Waals surface area contributed by atoms with Crippen LogP contribution in [-0.2, 0) is 6.54 Å². The molecule has 1 N–H and O–H groups in total. The Morgan fingerprint density at radius 2 is 1.70 bits per heavy atom. The summed E-state index contributed by atoms with van der Waals surface area (Å²) in [4.78, 5) is 18.0. The van der Waals surface area contributed by atoms with Gasteiger partial charge in [0.1, 0.15) is 5.82 Å². The number of halogens is 1. The molecule has 0 unspecified atom stereocenters. The van der Waals surface area contributed by atoms with E-state index in [1.54, 1.807) is 23.0 Å². The predicted molar refractivity (Wildman–Crippen MR) is 127 cm³/mol. The molecule has 162 valence electrons. The van der Waals surface area contributed by atoms with Crippen LogP contribution in [0.15, 0.2) is 91.1 Å². The number of benzene rings is 3. The third kappa shape index (κ3) is 4.11. The van der Waals surface area contributed by atoms with Gasteiger partial charge in [-0.15, -0.1) is 0 Å². The Labute approximate surface area is 190 Å². The Kier molecular flexibility index (Phi) is 5.40. The van der Waals surface area contributed by atoms with Crippen molar-refractivity contribution in [3.63, 3.8) is 0 Å². The van der Waals surface area contributed by atoms with Crippen LogP contribution in [0.3, 0.4) is 0 Å². The van der Waals surface area contributed by atoms with Gasteiger partial charge in [-0.1, -0.05) is 48.5 Å². The molecule has 2 heterocycles. The van der Waals surface area contributed by atoms with Gasteiger partial charge in [-0.25, -0.2) is 14.1 Å². The average molecular weight is 436 g/mol. The van der Waals surface area contributed by atoms with Crippen LogP contribution in [0.25, 0.3) is 27.8 Å². The summed E-state index contributed by atoms with van der Waals surface area (Å²) in [6, 6.07) is 25.4. The molecule has 5 rings (SSSR count). The smallest absolute Gasteiger partial charge is 0.252 e. The molecule has 0 aliphatic carbocycles. The molecular formula is C27H21FN4O. The summed E-state index contributed by atoms with van der Waals surface area (Å²) in [6.07, 6.45) is 1.72. The lowest BCUT2D eigenvalue weighted by atomic mass is 10.0. The van der Waals surface area contributed by atoms with Gasteiger partial charge in [0.2, 0.25) is 0 Å². The zero-order valence-corrected chi connectivity index (χ0v) is 18.0. The summed E-state index contributed by atoms with van der Waals surface area (Å²) >= 11 is 0. The van der Waals surface area contributed by atoms with Crippen molar-refractivity contribution in [2.24, 2.45) is 0 Å². The number of carbonyl (C=O) groups excluding carboxylic acids is 1. The second-order valence-electron chi connectivity index (χ2n) is 7.77. The van der Waals surface area contributed by atoms with E-state index in [2.05, 4.69) is 10.4 Å². The molecular weight excluding hydrogens is 415 g/mol. The van der Waals surface area contributed by atoms with Crippen LogP contribution in [0.1, 0.15) is 21.6 Å². The molecule has 0 radical (unpaired) electrons. The number of nitrogens with zero attached hydrogens (tertiary/aromatic N) is 3. The Hall–Kier alpha value is -4.32. The third-order valence-corrected chi connectivity index (χ3v) is 5.61. The van der Waals surface area contributed by atoms with E-state index < -0.39 is 0 Å². The highest BCUT2D eigenvalue weighted by atomic mass is 19.1. The molecule has 0 aliphatic rings. The molecule has 6 heteroatoms. The minimum absolute atomic E-state index is 0.165. The molecule has 3 aromatic carbocycles. The van der Waals surface area contributed by atoms with E-state index in [-0.39, 0.29) is 11.7 Å². The number of fused-ring (bicyclic) bond motifs is 1. The molecule has 0 bridgehead atoms. The number of rotatable bonds is 5. The average Bonchev–Trinajstić information content (AvgIpc) is 3.24. The monoisotopic (exact) mass is 436 g/mol. The summed E-state index contributed by atoms with van der Waals surface area (Å²) in [7, 11) is 0. The summed E-state index contributed by atoms with van der Waals surface area (Å²) in [6.45, 7) is 2.37. The van der Waals surface area contributed by atoms with Crippen molar-refractivity contribution in [1.82, 2.24) is 20.1 Å². The first kappa shape index (κ1) is 20.6. The molecule has 2 aromatic heterocycles. The Balaban J connectivity index is 1.53. The second kappa shape index (κ2) is 8.67. The number of hydrogen-bond acceptors (Lipinski definition) is 3. The first-order chi connectivity index (χ1) is 16.1. The van der Waals surface area contributed by atoms with Gasteiger partial charge in [0.15, 0.2) is 0 Å². The van der Waals surface area contributed by atoms with Crippen molar-refractivity contribution in [2.45, 2.75) is 13.5 Å². The van der Waals surface area contributed by atoms with Crippen LogP contribution < -0.4 is 5.32 Å². The fraction of sp³-hybridized carbons (Fsp3) is 0.0741. The molecule has 0 saturated heterocycles. The van der Waals surface area contributed by atoms with Crippen LogP contribution >= 0.6 is 0 Å². The summed E-state index contributed by atoms with van der Waals surface area (Å²) in [5, 5.41) is 8.28. The van der Waals surface area contributed by atoms with Crippen molar-refractivity contribution in [3.8, 4) is 16.9 Å². The molecule has 33 heavy (non-hydrogen) atoms. The number of para-hydroxylation sites is 1. The minimum Gasteiger partial charge on any atom is -0.348 e. The molecule has 5 nitrogen and oxygen atoms in total. The molecule has 1 amide bonds. The first-order valence-corrected chi connectivity index (χ1v) is 10.6. The van der Waals surface area contributed by atoms with Crippen molar-refractivity contribution >= 4 is 16.8 Å². The van der Waals surface area contributed by atoms with Crippen molar-refractivity contribution in [1.29, 1.82) is 0 Å². The highest BCUT2D eigenvalue weighted by molar-refractivity contribution is 6.07. The number of hydrogen-bond donors (Lipinski definition) is 1. The van der Waals surface area contributed by atoms with Gasteiger partial charge in [0, 0.05) is 17.5 Å². The molecule has 0 fully saturated rings. The maximum Gasteiger partial charge on any atom is 0.252 e. The van der Waals surface area contributed by atoms with Gasteiger partial charge >= 0.3 is 0 Å². The highest BCUT2D eigenvalue weighted by Crippen LogP contribution is 2.28. The Morgan fingerprint density at radius 3 is 2.48 bits per heavy atom. The zero-order valence-electron chi connectivity index (χ0n) is 18.0. The molecule has 0 aliphatic heterocycles. The Bertz CT molecular complexity index is 1440. The lowest BCUT2D eigenvalue weighted by Gasteiger charge is -2.11. The predicted octanol–water partition coefficient (Wildman–Crippen LogP) is 5.47. The zero-order chi connectivity index (χ0) is 22.8. The van der Waals surface area contributed by atoms with Gasteiger partial charge < -0.3 is 5.32 Å². The van der Waals surface area contributed by atoms with Gasteiger partial charge in [0.05, 0.1) is 34.4 Å². The molecule has 5 aromatic rings. The van der Waals surface area contributed by atoms with Crippen molar-refractivity contribution < 1.29 is 9.18 Å². The normalized spacial score (nSPS) is 11.0. The molecule has 0 saturated carbocycles. The number of amides is 1. The standard InChI is InChI=1S/C27H21FN4O/c1-18-24(17-30-32(18)21-13-11-20(28)12-14-21)26-15-23(22-9-5-6-10-25(22)31-26)27(33)29-16-19-7-3-2-4-8-19/h2-15,17H,16H2,1H3,(H,29,33). The van der Waals surface area contributed by atoms with Gasteiger partial charge in [0.25, 0.3) is 5.91 Å². The Morgan fingerprint density at radius 1 is 0.970 bits per heavy atom. The van der Waals surface area contributed by atoms with E-state index in [0.717, 1.165) is 33.4 Å². The second-order valence-corrected chi connectivity index (χ2v) is 7.77. The van der Waals surface area contributed by atoms with Gasteiger partial charge in [-0.2, -0.15) is 5.10 Å². The first-order valence-electron chi connectivity index (χ1n) is 10.6. The minimum atomic E-state index is -0.300. The largest absolute Gasteiger partial charge is 0.348 e. The lowest BCUT2D eigenvalue weighted by molar-refractivity contribution is 0.0952. The van der Waals surface area contributed by atoms with E-state index in [4.69, 9.17) is 4.98 Å². The third-order valence-electron chi connectivity index (χ3n) is 5.61. The van der Waals surface area contributed by atoms with Crippen LogP contribution in [0.5, 0.6) is 0 Å². The SMILES string of the molecule is Cc1c(-c2cc(C(=O)NCc3ccccc3)c3ccccc3n2)cnn1-c1ccc(F)cc1. The maximum atomic E-state index is 13.3. The van der Waals surface area contributed by atoms with E-state index in [1.807, 2.05) is 67.6 Å². The van der Waals surface area contributed by atoms with E-state index in [9.17, 15) is 9.18 Å².